The molecule has 0 unspecified atom stereocenters. The van der Waals surface area contributed by atoms with Crippen molar-refractivity contribution in [1.82, 2.24) is 9.80 Å². The SMILES string of the molecule is O=C(CCc1cccc(OC2CCCC2)c1)N1CCN(C(=O)C23CC4CC(CC(C4)C2)C3)CC1. The molecular weight excluding hydrogens is 424 g/mol. The number of carbonyl (C=O) groups excluding carboxylic acids is 2. The predicted octanol–water partition coefficient (Wildman–Crippen LogP) is 4.83. The van der Waals surface area contributed by atoms with Crippen LogP contribution in [0.25, 0.3) is 0 Å². The molecule has 0 aromatic heterocycles. The lowest BCUT2D eigenvalue weighted by molar-refractivity contribution is -0.160. The smallest absolute Gasteiger partial charge is 0.228 e. The van der Waals surface area contributed by atoms with Crippen LogP contribution in [-0.4, -0.2) is 53.9 Å². The van der Waals surface area contributed by atoms with Crippen molar-refractivity contribution >= 4 is 11.8 Å². The summed E-state index contributed by atoms with van der Waals surface area (Å²) in [5.74, 6) is 3.94. The summed E-state index contributed by atoms with van der Waals surface area (Å²) in [6.07, 6.45) is 13.9. The Kier molecular flexibility index (Phi) is 6.07. The Morgan fingerprint density at radius 1 is 0.882 bits per heavy atom. The van der Waals surface area contributed by atoms with Gasteiger partial charge in [-0.3, -0.25) is 9.59 Å². The van der Waals surface area contributed by atoms with Gasteiger partial charge in [-0.05, 0) is 106 Å². The van der Waals surface area contributed by atoms with Crippen LogP contribution in [0.4, 0.5) is 0 Å². The Morgan fingerprint density at radius 2 is 1.50 bits per heavy atom. The summed E-state index contributed by atoms with van der Waals surface area (Å²) in [5.41, 5.74) is 1.10. The number of nitrogens with zero attached hydrogens (tertiary/aromatic N) is 2. The summed E-state index contributed by atoms with van der Waals surface area (Å²) < 4.78 is 6.13. The minimum Gasteiger partial charge on any atom is -0.490 e. The van der Waals surface area contributed by atoms with E-state index >= 15 is 0 Å². The number of amides is 2. The van der Waals surface area contributed by atoms with Gasteiger partial charge >= 0.3 is 0 Å². The van der Waals surface area contributed by atoms with Gasteiger partial charge in [-0.1, -0.05) is 12.1 Å². The normalized spacial score (nSPS) is 32.9. The van der Waals surface area contributed by atoms with E-state index in [2.05, 4.69) is 17.0 Å². The first-order chi connectivity index (χ1) is 16.6. The van der Waals surface area contributed by atoms with Crippen molar-refractivity contribution in [3.05, 3.63) is 29.8 Å². The monoisotopic (exact) mass is 464 g/mol. The molecule has 2 amide bonds. The van der Waals surface area contributed by atoms with Gasteiger partial charge in [-0.15, -0.1) is 0 Å². The molecule has 0 radical (unpaired) electrons. The van der Waals surface area contributed by atoms with Crippen LogP contribution in [-0.2, 0) is 16.0 Å². The van der Waals surface area contributed by atoms with Crippen LogP contribution in [0.1, 0.15) is 76.2 Å². The Hall–Kier alpha value is -2.04. The highest BCUT2D eigenvalue weighted by molar-refractivity contribution is 5.84. The van der Waals surface area contributed by atoms with E-state index in [1.807, 2.05) is 17.0 Å². The third kappa shape index (κ3) is 4.47. The van der Waals surface area contributed by atoms with Crippen molar-refractivity contribution < 1.29 is 14.3 Å². The topological polar surface area (TPSA) is 49.9 Å². The fraction of sp³-hybridized carbons (Fsp3) is 0.724. The first kappa shape index (κ1) is 22.4. The van der Waals surface area contributed by atoms with E-state index in [1.165, 1.54) is 37.7 Å². The van der Waals surface area contributed by atoms with Crippen molar-refractivity contribution in [2.24, 2.45) is 23.2 Å². The van der Waals surface area contributed by atoms with Gasteiger partial charge in [-0.25, -0.2) is 0 Å². The molecule has 6 aliphatic rings. The lowest BCUT2D eigenvalue weighted by atomic mass is 9.49. The molecule has 5 aliphatic carbocycles. The van der Waals surface area contributed by atoms with Gasteiger partial charge in [0.15, 0.2) is 0 Å². The number of benzene rings is 1. The number of aryl methyl sites for hydroxylation is 1. The summed E-state index contributed by atoms with van der Waals surface area (Å²) in [4.78, 5) is 30.6. The van der Waals surface area contributed by atoms with Crippen LogP contribution in [0.2, 0.25) is 0 Å². The molecule has 0 atom stereocenters. The highest BCUT2D eigenvalue weighted by Gasteiger charge is 2.55. The highest BCUT2D eigenvalue weighted by atomic mass is 16.5. The molecule has 6 fully saturated rings. The molecule has 1 saturated heterocycles. The number of hydrogen-bond acceptors (Lipinski definition) is 3. The summed E-state index contributed by atoms with van der Waals surface area (Å²) in [5, 5.41) is 0. The van der Waals surface area contributed by atoms with Gasteiger partial charge in [-0.2, -0.15) is 0 Å². The fourth-order valence-corrected chi connectivity index (χ4v) is 8.25. The summed E-state index contributed by atoms with van der Waals surface area (Å²) >= 11 is 0. The Bertz CT molecular complexity index is 878. The van der Waals surface area contributed by atoms with Crippen LogP contribution < -0.4 is 4.74 Å². The number of piperazine rings is 1. The molecule has 34 heavy (non-hydrogen) atoms. The average Bonchev–Trinajstić information content (AvgIpc) is 3.35. The molecule has 184 valence electrons. The van der Waals surface area contributed by atoms with E-state index < -0.39 is 0 Å². The van der Waals surface area contributed by atoms with Crippen molar-refractivity contribution in [3.63, 3.8) is 0 Å². The van der Waals surface area contributed by atoms with E-state index in [0.717, 1.165) is 62.0 Å². The molecule has 1 aliphatic heterocycles. The molecule has 1 heterocycles. The molecule has 5 heteroatoms. The van der Waals surface area contributed by atoms with E-state index in [1.54, 1.807) is 0 Å². The van der Waals surface area contributed by atoms with Gasteiger partial charge in [0.2, 0.25) is 11.8 Å². The summed E-state index contributed by atoms with van der Waals surface area (Å²) in [7, 11) is 0. The molecule has 0 spiro atoms. The summed E-state index contributed by atoms with van der Waals surface area (Å²) in [6.45, 7) is 2.78. The Morgan fingerprint density at radius 3 is 2.15 bits per heavy atom. The minimum atomic E-state index is -0.0630. The third-order valence-electron chi connectivity index (χ3n) is 9.54. The van der Waals surface area contributed by atoms with Crippen molar-refractivity contribution in [2.45, 2.75) is 83.2 Å². The van der Waals surface area contributed by atoms with E-state index in [-0.39, 0.29) is 11.3 Å². The molecule has 7 rings (SSSR count). The maximum absolute atomic E-state index is 13.6. The van der Waals surface area contributed by atoms with E-state index in [0.29, 0.717) is 44.6 Å². The molecule has 4 bridgehead atoms. The number of ether oxygens (including phenoxy) is 1. The quantitative estimate of drug-likeness (QED) is 0.606. The number of hydrogen-bond donors (Lipinski definition) is 0. The second-order valence-electron chi connectivity index (χ2n) is 12.0. The molecule has 0 N–H and O–H groups in total. The standard InChI is InChI=1S/C29H40N2O3/c32-27(9-8-21-4-3-7-26(17-21)34-25-5-1-2-6-25)30-10-12-31(13-11-30)28(33)29-18-22-14-23(19-29)16-24(15-22)20-29/h3-4,7,17,22-25H,1-2,5-6,8-16,18-20H2. The van der Waals surface area contributed by atoms with Crippen LogP contribution in [0.15, 0.2) is 24.3 Å². The van der Waals surface area contributed by atoms with Gasteiger partial charge in [0.25, 0.3) is 0 Å². The van der Waals surface area contributed by atoms with Crippen molar-refractivity contribution in [1.29, 1.82) is 0 Å². The maximum Gasteiger partial charge on any atom is 0.228 e. The molecule has 5 nitrogen and oxygen atoms in total. The predicted molar refractivity (Wildman–Crippen MR) is 131 cm³/mol. The Labute approximate surface area is 204 Å². The first-order valence-electron chi connectivity index (χ1n) is 13.9. The average molecular weight is 465 g/mol. The van der Waals surface area contributed by atoms with Gasteiger partial charge in [0.05, 0.1) is 11.5 Å². The molecule has 1 aromatic carbocycles. The van der Waals surface area contributed by atoms with Crippen molar-refractivity contribution in [3.8, 4) is 5.75 Å². The fourth-order valence-electron chi connectivity index (χ4n) is 8.25. The second kappa shape index (κ2) is 9.20. The van der Waals surface area contributed by atoms with E-state index in [9.17, 15) is 9.59 Å². The summed E-state index contributed by atoms with van der Waals surface area (Å²) in [6, 6.07) is 8.27. The third-order valence-corrected chi connectivity index (χ3v) is 9.54. The second-order valence-corrected chi connectivity index (χ2v) is 12.0. The number of carbonyl (C=O) groups is 2. The number of rotatable bonds is 6. The molecule has 1 aromatic rings. The van der Waals surface area contributed by atoms with Gasteiger partial charge in [0, 0.05) is 32.6 Å². The van der Waals surface area contributed by atoms with E-state index in [4.69, 9.17) is 4.74 Å². The first-order valence-corrected chi connectivity index (χ1v) is 13.9. The van der Waals surface area contributed by atoms with Crippen molar-refractivity contribution in [2.75, 3.05) is 26.2 Å². The largest absolute Gasteiger partial charge is 0.490 e. The zero-order valence-corrected chi connectivity index (χ0v) is 20.6. The minimum absolute atomic E-state index is 0.0630. The van der Waals surface area contributed by atoms with Crippen LogP contribution in [0.3, 0.4) is 0 Å². The van der Waals surface area contributed by atoms with Gasteiger partial charge < -0.3 is 14.5 Å². The van der Waals surface area contributed by atoms with Gasteiger partial charge in [0.1, 0.15) is 5.75 Å². The molecular formula is C29H40N2O3. The maximum atomic E-state index is 13.6. The zero-order valence-electron chi connectivity index (χ0n) is 20.6. The van der Waals surface area contributed by atoms with Crippen LogP contribution in [0.5, 0.6) is 5.75 Å². The lowest BCUT2D eigenvalue weighted by Gasteiger charge is -2.57. The Balaban J connectivity index is 0.988. The van der Waals surface area contributed by atoms with Crippen LogP contribution >= 0.6 is 0 Å². The highest BCUT2D eigenvalue weighted by Crippen LogP contribution is 2.60. The lowest BCUT2D eigenvalue weighted by Crippen LogP contribution is -2.58. The molecule has 5 saturated carbocycles. The van der Waals surface area contributed by atoms with Crippen LogP contribution in [0, 0.1) is 23.2 Å². The zero-order chi connectivity index (χ0) is 23.1.